The predicted molar refractivity (Wildman–Crippen MR) is 109 cm³/mol. The summed E-state index contributed by atoms with van der Waals surface area (Å²) in [7, 11) is -3.69. The number of aromatic nitrogens is 2. The fourth-order valence-electron chi connectivity index (χ4n) is 3.15. The fourth-order valence-corrected chi connectivity index (χ4v) is 4.51. The van der Waals surface area contributed by atoms with Crippen molar-refractivity contribution in [2.75, 3.05) is 35.8 Å². The van der Waals surface area contributed by atoms with Crippen molar-refractivity contribution in [3.05, 3.63) is 47.1 Å². The molecule has 148 valence electrons. The van der Waals surface area contributed by atoms with Crippen LogP contribution in [0.15, 0.2) is 40.8 Å². The van der Waals surface area contributed by atoms with Gasteiger partial charge in [0.15, 0.2) is 5.58 Å². The van der Waals surface area contributed by atoms with Gasteiger partial charge in [0.05, 0.1) is 0 Å². The van der Waals surface area contributed by atoms with Gasteiger partial charge in [0.25, 0.3) is 6.01 Å². The molecule has 1 N–H and O–H groups in total. The average molecular weight is 422 g/mol. The number of hydrogen-bond donors (Lipinski definition) is 1. The number of hydrogen-bond acceptors (Lipinski definition) is 6. The second kappa shape index (κ2) is 7.57. The topological polar surface area (TPSA) is 91.6 Å². The van der Waals surface area contributed by atoms with Crippen LogP contribution in [0.2, 0.25) is 5.02 Å². The van der Waals surface area contributed by atoms with Crippen LogP contribution in [0.3, 0.4) is 0 Å². The second-order valence-electron chi connectivity index (χ2n) is 6.62. The molecule has 1 aliphatic rings. The molecule has 4 rings (SSSR count). The Balaban J connectivity index is 1.48. The van der Waals surface area contributed by atoms with Crippen LogP contribution in [0.25, 0.3) is 11.1 Å². The van der Waals surface area contributed by atoms with Gasteiger partial charge in [-0.1, -0.05) is 17.7 Å². The van der Waals surface area contributed by atoms with E-state index in [4.69, 9.17) is 16.0 Å². The highest BCUT2D eigenvalue weighted by Gasteiger charge is 2.27. The van der Waals surface area contributed by atoms with Gasteiger partial charge in [-0.2, -0.15) is 17.7 Å². The van der Waals surface area contributed by atoms with Crippen molar-refractivity contribution in [3.63, 3.8) is 0 Å². The highest BCUT2D eigenvalue weighted by molar-refractivity contribution is 7.90. The first kappa shape index (κ1) is 19.0. The van der Waals surface area contributed by atoms with Gasteiger partial charge in [-0.3, -0.25) is 4.72 Å². The van der Waals surface area contributed by atoms with Gasteiger partial charge in [-0.05, 0) is 43.7 Å². The Morgan fingerprint density at radius 2 is 1.96 bits per heavy atom. The van der Waals surface area contributed by atoms with Crippen LogP contribution in [-0.4, -0.2) is 48.9 Å². The molecule has 0 saturated carbocycles. The average Bonchev–Trinajstić information content (AvgIpc) is 2.88. The second-order valence-corrected chi connectivity index (χ2v) is 8.73. The molecule has 28 heavy (non-hydrogen) atoms. The van der Waals surface area contributed by atoms with Crippen molar-refractivity contribution >= 4 is 44.7 Å². The number of pyridine rings is 1. The molecule has 0 bridgehead atoms. The van der Waals surface area contributed by atoms with Crippen LogP contribution in [0.1, 0.15) is 12.1 Å². The maximum absolute atomic E-state index is 12.7. The first-order chi connectivity index (χ1) is 13.4. The van der Waals surface area contributed by atoms with Crippen molar-refractivity contribution in [2.24, 2.45) is 0 Å². The van der Waals surface area contributed by atoms with Crippen molar-refractivity contribution < 1.29 is 12.8 Å². The molecule has 1 aliphatic heterocycles. The van der Waals surface area contributed by atoms with Crippen LogP contribution in [0, 0.1) is 6.92 Å². The Kier molecular flexibility index (Phi) is 5.13. The fraction of sp³-hybridized carbons (Fsp3) is 0.333. The normalized spacial score (nSPS) is 16.3. The van der Waals surface area contributed by atoms with Gasteiger partial charge < -0.3 is 9.32 Å². The molecule has 0 atom stereocenters. The van der Waals surface area contributed by atoms with E-state index in [0.717, 1.165) is 5.69 Å². The third kappa shape index (κ3) is 4.06. The third-order valence-electron chi connectivity index (χ3n) is 4.53. The van der Waals surface area contributed by atoms with Gasteiger partial charge in [-0.15, -0.1) is 0 Å². The minimum Gasteiger partial charge on any atom is -0.423 e. The quantitative estimate of drug-likeness (QED) is 0.696. The lowest BCUT2D eigenvalue weighted by molar-refractivity contribution is 0.436. The summed E-state index contributed by atoms with van der Waals surface area (Å²) in [6.07, 6.45) is 0.654. The summed E-state index contributed by atoms with van der Waals surface area (Å²) in [6.45, 7) is 3.66. The number of fused-ring (bicyclic) bond motifs is 1. The van der Waals surface area contributed by atoms with E-state index in [-0.39, 0.29) is 0 Å². The van der Waals surface area contributed by atoms with Gasteiger partial charge in [-0.25, -0.2) is 4.98 Å². The predicted octanol–water partition coefficient (Wildman–Crippen LogP) is 3.05. The molecular formula is C18H20ClN5O3S. The lowest BCUT2D eigenvalue weighted by atomic mass is 10.3. The van der Waals surface area contributed by atoms with Crippen LogP contribution in [-0.2, 0) is 10.2 Å². The van der Waals surface area contributed by atoms with E-state index in [1.54, 1.807) is 30.3 Å². The molecule has 10 heteroatoms. The van der Waals surface area contributed by atoms with E-state index in [1.165, 1.54) is 4.31 Å². The molecule has 0 amide bonds. The minimum absolute atomic E-state index is 0.317. The lowest BCUT2D eigenvalue weighted by Gasteiger charge is -2.21. The summed E-state index contributed by atoms with van der Waals surface area (Å²) >= 11 is 6.00. The van der Waals surface area contributed by atoms with E-state index in [1.807, 2.05) is 17.9 Å². The summed E-state index contributed by atoms with van der Waals surface area (Å²) in [6, 6.07) is 11.0. The van der Waals surface area contributed by atoms with Crippen molar-refractivity contribution in [3.8, 4) is 0 Å². The number of halogens is 1. The monoisotopic (exact) mass is 421 g/mol. The van der Waals surface area contributed by atoms with E-state index < -0.39 is 10.2 Å². The summed E-state index contributed by atoms with van der Waals surface area (Å²) < 4.78 is 35.3. The number of oxazole rings is 1. The van der Waals surface area contributed by atoms with E-state index in [9.17, 15) is 8.42 Å². The van der Waals surface area contributed by atoms with Crippen LogP contribution < -0.4 is 9.62 Å². The highest BCUT2D eigenvalue weighted by Crippen LogP contribution is 2.25. The number of nitrogens with one attached hydrogen (secondary N) is 1. The molecule has 0 aliphatic carbocycles. The zero-order valence-electron chi connectivity index (χ0n) is 15.3. The Morgan fingerprint density at radius 1 is 1.11 bits per heavy atom. The lowest BCUT2D eigenvalue weighted by Crippen LogP contribution is -2.39. The smallest absolute Gasteiger partial charge is 0.302 e. The molecule has 2 aromatic heterocycles. The molecule has 0 radical (unpaired) electrons. The first-order valence-corrected chi connectivity index (χ1v) is 10.8. The minimum atomic E-state index is -3.69. The largest absolute Gasteiger partial charge is 0.423 e. The van der Waals surface area contributed by atoms with Crippen molar-refractivity contribution in [1.29, 1.82) is 0 Å². The molecule has 1 fully saturated rings. The number of nitrogens with zero attached hydrogens (tertiary/aromatic N) is 4. The summed E-state index contributed by atoms with van der Waals surface area (Å²) in [5.41, 5.74) is 2.09. The summed E-state index contributed by atoms with van der Waals surface area (Å²) in [4.78, 5) is 10.6. The van der Waals surface area contributed by atoms with Gasteiger partial charge in [0.1, 0.15) is 11.3 Å². The van der Waals surface area contributed by atoms with Gasteiger partial charge in [0.2, 0.25) is 0 Å². The SMILES string of the molecule is Cc1cccc(NS(=O)(=O)N2CCCN(c3nc4cc(Cl)ccc4o3)CC2)n1. The molecule has 8 nitrogen and oxygen atoms in total. The van der Waals surface area contributed by atoms with E-state index >= 15 is 0 Å². The Bertz CT molecular complexity index is 1100. The Morgan fingerprint density at radius 3 is 2.79 bits per heavy atom. The third-order valence-corrected chi connectivity index (χ3v) is 6.27. The molecule has 3 heterocycles. The molecular weight excluding hydrogens is 402 g/mol. The molecule has 0 unspecified atom stereocenters. The zero-order valence-corrected chi connectivity index (χ0v) is 16.9. The van der Waals surface area contributed by atoms with Crippen molar-refractivity contribution in [2.45, 2.75) is 13.3 Å². The van der Waals surface area contributed by atoms with E-state index in [2.05, 4.69) is 14.7 Å². The van der Waals surface area contributed by atoms with Gasteiger partial charge >= 0.3 is 10.2 Å². The maximum atomic E-state index is 12.7. The van der Waals surface area contributed by atoms with Crippen LogP contribution in [0.4, 0.5) is 11.8 Å². The summed E-state index contributed by atoms with van der Waals surface area (Å²) in [5, 5.41) is 0.594. The standard InChI is InChI=1S/C18H20ClN5O3S/c1-13-4-2-5-17(20-13)22-28(25,26)24-9-3-8-23(10-11-24)18-21-15-12-14(19)6-7-16(15)27-18/h2,4-7,12H,3,8-11H2,1H3,(H,20,22). The Labute approximate surface area is 168 Å². The first-order valence-electron chi connectivity index (χ1n) is 8.93. The highest BCUT2D eigenvalue weighted by atomic mass is 35.5. The maximum Gasteiger partial charge on any atom is 0.302 e. The molecule has 3 aromatic rings. The van der Waals surface area contributed by atoms with Crippen molar-refractivity contribution in [1.82, 2.24) is 14.3 Å². The molecule has 1 aromatic carbocycles. The zero-order chi connectivity index (χ0) is 19.7. The molecule has 1 saturated heterocycles. The summed E-state index contributed by atoms with van der Waals surface area (Å²) in [5.74, 6) is 0.317. The number of anilines is 2. The van der Waals surface area contributed by atoms with Crippen LogP contribution in [0.5, 0.6) is 0 Å². The number of benzene rings is 1. The number of aryl methyl sites for hydroxylation is 1. The van der Waals surface area contributed by atoms with Crippen LogP contribution >= 0.6 is 11.6 Å². The van der Waals surface area contributed by atoms with E-state index in [0.29, 0.717) is 60.6 Å². The number of rotatable bonds is 4. The van der Waals surface area contributed by atoms with Gasteiger partial charge in [0, 0.05) is 36.9 Å². The Hall–Kier alpha value is -2.36. The molecule has 0 spiro atoms.